The Labute approximate surface area is 345 Å². The number of halogens is 13. The predicted molar refractivity (Wildman–Crippen MR) is 200 cm³/mol. The van der Waals surface area contributed by atoms with Crippen molar-refractivity contribution in [3.63, 3.8) is 0 Å². The lowest BCUT2D eigenvalue weighted by molar-refractivity contribution is -0.458. The summed E-state index contributed by atoms with van der Waals surface area (Å²) in [5.74, 6) is 0.207. The molecule has 0 spiro atoms. The largest absolute Gasteiger partial charge is 0.461 e. The maximum atomic E-state index is 17.2. The number of alkyl halides is 11. The highest BCUT2D eigenvalue weighted by atomic mass is 19.4. The highest BCUT2D eigenvalue weighted by Crippen LogP contribution is 2.56. The Morgan fingerprint density at radius 2 is 1.63 bits per heavy atom. The summed E-state index contributed by atoms with van der Waals surface area (Å²) >= 11 is 0. The van der Waals surface area contributed by atoms with Crippen molar-refractivity contribution in [3.05, 3.63) is 47.2 Å². The minimum absolute atomic E-state index is 0.00298. The third-order valence-corrected chi connectivity index (χ3v) is 11.9. The Morgan fingerprint density at radius 3 is 2.29 bits per heavy atom. The van der Waals surface area contributed by atoms with Crippen molar-refractivity contribution in [2.24, 2.45) is 0 Å². The molecule has 2 aromatic carbocycles. The maximum absolute atomic E-state index is 17.2. The standard InChI is InChI=1S/C38H32F13N7O2.C2H6/c1-2-20-22(39)5-4-17-12-18(52)13-21(26(17)20)29-28(41)30-27-23(53-29)6-7-24-31(42)54-25(40)14-57(24)32(27)56-33(55-30)59-16-34-9-3-11-58(34)19(8-10-34)15-60-35(36(43,44)45,37(46,47)48)38(49,50)51;1-2/h1,4-5,12-13,19,24-25,31,54H,3,6-11,14-16,52H2;1-2H3/t19-,24?,25?,31?,34?;/m0./s1. The van der Waals surface area contributed by atoms with Crippen LogP contribution in [0.15, 0.2) is 24.3 Å². The smallest absolute Gasteiger partial charge is 0.435 e. The average molecular weight is 896 g/mol. The molecule has 4 aromatic rings. The van der Waals surface area contributed by atoms with E-state index in [2.05, 4.69) is 30.9 Å². The minimum atomic E-state index is -6.90. The number of anilines is 2. The minimum Gasteiger partial charge on any atom is -0.461 e. The van der Waals surface area contributed by atoms with Crippen molar-refractivity contribution >= 4 is 33.2 Å². The summed E-state index contributed by atoms with van der Waals surface area (Å²) in [6.45, 7) is 1.55. The van der Waals surface area contributed by atoms with Crippen molar-refractivity contribution in [1.82, 2.24) is 25.2 Å². The second-order valence-electron chi connectivity index (χ2n) is 15.3. The van der Waals surface area contributed by atoms with E-state index in [-0.39, 0.29) is 83.4 Å². The molecule has 0 bridgehead atoms. The number of hydrogen-bond acceptors (Lipinski definition) is 9. The van der Waals surface area contributed by atoms with Crippen LogP contribution in [0.1, 0.15) is 57.2 Å². The number of pyridine rings is 1. The van der Waals surface area contributed by atoms with E-state index in [1.165, 1.54) is 28.0 Å². The zero-order chi connectivity index (χ0) is 45.3. The van der Waals surface area contributed by atoms with Gasteiger partial charge in [0.1, 0.15) is 29.5 Å². The lowest BCUT2D eigenvalue weighted by Gasteiger charge is -2.40. The molecule has 0 radical (unpaired) electrons. The molecule has 22 heteroatoms. The van der Waals surface area contributed by atoms with Crippen LogP contribution in [0, 0.1) is 24.0 Å². The first-order valence-corrected chi connectivity index (χ1v) is 19.5. The van der Waals surface area contributed by atoms with Gasteiger partial charge in [0.2, 0.25) is 0 Å². The van der Waals surface area contributed by atoms with Crippen molar-refractivity contribution in [2.75, 3.05) is 36.9 Å². The number of nitrogens with one attached hydrogen (secondary N) is 1. The third kappa shape index (κ3) is 7.26. The lowest BCUT2D eigenvalue weighted by atomic mass is 9.95. The fourth-order valence-corrected chi connectivity index (χ4v) is 9.20. The van der Waals surface area contributed by atoms with Crippen LogP contribution >= 0.6 is 0 Å². The molecular formula is C40H38F13N7O2. The Morgan fingerprint density at radius 1 is 0.935 bits per heavy atom. The van der Waals surface area contributed by atoms with Crippen molar-refractivity contribution in [1.29, 1.82) is 0 Å². The summed E-state index contributed by atoms with van der Waals surface area (Å²) in [7, 11) is 0. The second kappa shape index (κ2) is 16.0. The first-order valence-electron chi connectivity index (χ1n) is 19.5. The summed E-state index contributed by atoms with van der Waals surface area (Å²) in [5, 5.41) is 2.61. The summed E-state index contributed by atoms with van der Waals surface area (Å²) in [4.78, 5) is 16.1. The molecule has 336 valence electrons. The van der Waals surface area contributed by atoms with Crippen LogP contribution in [0.2, 0.25) is 0 Å². The first kappa shape index (κ1) is 45.2. The Bertz CT molecular complexity index is 2370. The molecule has 8 rings (SSSR count). The van der Waals surface area contributed by atoms with Gasteiger partial charge < -0.3 is 20.1 Å². The van der Waals surface area contributed by atoms with Crippen LogP contribution in [0.4, 0.5) is 68.6 Å². The lowest BCUT2D eigenvalue weighted by Crippen LogP contribution is -2.68. The second-order valence-corrected chi connectivity index (χ2v) is 15.3. The number of fused-ring (bicyclic) bond motifs is 4. The first-order chi connectivity index (χ1) is 29.1. The molecule has 0 saturated carbocycles. The van der Waals surface area contributed by atoms with Crippen LogP contribution in [-0.2, 0) is 11.2 Å². The molecule has 4 aliphatic heterocycles. The summed E-state index contributed by atoms with van der Waals surface area (Å²) in [5.41, 5.74) is -2.22. The van der Waals surface area contributed by atoms with Crippen LogP contribution in [-0.4, -0.2) is 100 Å². The molecule has 0 aliphatic carbocycles. The van der Waals surface area contributed by atoms with Gasteiger partial charge in [-0.15, -0.1) is 6.42 Å². The van der Waals surface area contributed by atoms with E-state index in [0.29, 0.717) is 11.8 Å². The molecule has 9 nitrogen and oxygen atoms in total. The van der Waals surface area contributed by atoms with Crippen LogP contribution in [0.5, 0.6) is 6.01 Å². The zero-order valence-corrected chi connectivity index (χ0v) is 32.8. The number of nitrogen functional groups attached to an aromatic ring is 1. The number of ether oxygens (including phenoxy) is 2. The number of rotatable bonds is 7. The van der Waals surface area contributed by atoms with Gasteiger partial charge in [0.25, 0.3) is 0 Å². The zero-order valence-electron chi connectivity index (χ0n) is 32.8. The Balaban J connectivity index is 0.00000285. The monoisotopic (exact) mass is 895 g/mol. The molecule has 62 heavy (non-hydrogen) atoms. The van der Waals surface area contributed by atoms with E-state index >= 15 is 13.2 Å². The van der Waals surface area contributed by atoms with Gasteiger partial charge in [0.05, 0.1) is 41.4 Å². The Kier molecular flexibility index (Phi) is 11.7. The van der Waals surface area contributed by atoms with Crippen molar-refractivity contribution < 1.29 is 66.5 Å². The third-order valence-electron chi connectivity index (χ3n) is 11.9. The van der Waals surface area contributed by atoms with E-state index in [1.807, 2.05) is 13.8 Å². The van der Waals surface area contributed by atoms with Crippen LogP contribution < -0.4 is 20.7 Å². The number of hydrogen-bond donors (Lipinski definition) is 2. The topological polar surface area (TPSA) is 102 Å². The fraction of sp³-hybridized carbons (Fsp3) is 0.525. The highest BCUT2D eigenvalue weighted by molar-refractivity contribution is 6.04. The number of aromatic nitrogens is 3. The average Bonchev–Trinajstić information content (AvgIpc) is 3.71. The fourth-order valence-electron chi connectivity index (χ4n) is 9.20. The normalized spacial score (nSPS) is 24.3. The van der Waals surface area contributed by atoms with E-state index in [1.54, 1.807) is 0 Å². The summed E-state index contributed by atoms with van der Waals surface area (Å²) < 4.78 is 195. The van der Waals surface area contributed by atoms with Gasteiger partial charge in [0.15, 0.2) is 18.4 Å². The van der Waals surface area contributed by atoms with E-state index < -0.39 is 97.3 Å². The number of piperazine rings is 1. The molecular weight excluding hydrogens is 857 g/mol. The van der Waals surface area contributed by atoms with Gasteiger partial charge in [-0.2, -0.15) is 49.5 Å². The van der Waals surface area contributed by atoms with Crippen molar-refractivity contribution in [2.45, 2.75) is 107 Å². The van der Waals surface area contributed by atoms with Gasteiger partial charge >= 0.3 is 30.1 Å². The quantitative estimate of drug-likeness (QED) is 0.0816. The van der Waals surface area contributed by atoms with Gasteiger partial charge in [-0.3, -0.25) is 10.2 Å². The van der Waals surface area contributed by atoms with Gasteiger partial charge in [-0.25, -0.2) is 22.5 Å². The predicted octanol–water partition coefficient (Wildman–Crippen LogP) is 8.85. The number of aryl methyl sites for hydroxylation is 1. The molecule has 5 atom stereocenters. The highest BCUT2D eigenvalue weighted by Gasteiger charge is 2.85. The number of nitrogens with zero attached hydrogens (tertiary/aromatic N) is 5. The maximum Gasteiger partial charge on any atom is 0.435 e. The van der Waals surface area contributed by atoms with E-state index in [0.717, 1.165) is 6.07 Å². The molecule has 3 saturated heterocycles. The molecule has 4 aliphatic rings. The molecule has 6 heterocycles. The molecule has 4 unspecified atom stereocenters. The van der Waals surface area contributed by atoms with Gasteiger partial charge in [-0.05, 0) is 68.7 Å². The molecule has 2 aromatic heterocycles. The van der Waals surface area contributed by atoms with Crippen LogP contribution in [0.3, 0.4) is 0 Å². The van der Waals surface area contributed by atoms with E-state index in [4.69, 9.17) is 16.9 Å². The molecule has 0 amide bonds. The summed E-state index contributed by atoms with van der Waals surface area (Å²) in [6, 6.07) is 2.37. The number of benzene rings is 2. The SMILES string of the molecule is C#Cc1c(F)ccc2cc(N)cc(-c3nc4c5c(nc(OCC67CCCN6[C@H](COC(C(F)(F)F)(C(F)(F)F)C(F)(F)F)CC7)nc5c3F)N3CC(F)NC(F)C3CC4)c12.CC. The molecule has 3 N–H and O–H groups in total. The molecule has 3 fully saturated rings. The van der Waals surface area contributed by atoms with Crippen molar-refractivity contribution in [3.8, 4) is 29.6 Å². The van der Waals surface area contributed by atoms with Crippen LogP contribution in [0.25, 0.3) is 32.9 Å². The summed E-state index contributed by atoms with van der Waals surface area (Å²) in [6.07, 6.45) is -18.5. The number of nitrogens with two attached hydrogens (primary N) is 1. The van der Waals surface area contributed by atoms with Gasteiger partial charge in [-0.1, -0.05) is 25.8 Å². The number of terminal acetylenes is 1. The van der Waals surface area contributed by atoms with Gasteiger partial charge in [0, 0.05) is 22.7 Å². The van der Waals surface area contributed by atoms with E-state index in [9.17, 15) is 43.9 Å². The Hall–Kier alpha value is -4.88.